The van der Waals surface area contributed by atoms with Crippen LogP contribution in [0.2, 0.25) is 5.02 Å². The second kappa shape index (κ2) is 7.61. The first-order valence-corrected chi connectivity index (χ1v) is 10.6. The zero-order valence-corrected chi connectivity index (χ0v) is 16.7. The van der Waals surface area contributed by atoms with Gasteiger partial charge in [0, 0.05) is 6.04 Å². The first-order valence-electron chi connectivity index (χ1n) is 8.44. The Morgan fingerprint density at radius 2 is 2.22 bits per heavy atom. The van der Waals surface area contributed by atoms with Crippen LogP contribution in [0.4, 0.5) is 10.1 Å². The molecule has 1 amide bonds. The van der Waals surface area contributed by atoms with Crippen molar-refractivity contribution in [3.05, 3.63) is 46.6 Å². The summed E-state index contributed by atoms with van der Waals surface area (Å²) in [6.45, 7) is 1.80. The molecule has 3 aromatic rings. The smallest absolute Gasteiger partial charge is 0.237 e. The average Bonchev–Trinajstić information content (AvgIpc) is 3.16. The monoisotopic (exact) mass is 422 g/mol. The predicted octanol–water partition coefficient (Wildman–Crippen LogP) is 5.25. The summed E-state index contributed by atoms with van der Waals surface area (Å²) in [5, 5.41) is 13.9. The lowest BCUT2D eigenvalue weighted by molar-refractivity contribution is -0.115. The second-order valence-corrected chi connectivity index (χ2v) is 8.92. The molecule has 1 aromatic carbocycles. The Morgan fingerprint density at radius 1 is 1.41 bits per heavy atom. The van der Waals surface area contributed by atoms with Gasteiger partial charge >= 0.3 is 0 Å². The van der Waals surface area contributed by atoms with E-state index in [1.807, 2.05) is 17.5 Å². The zero-order valence-electron chi connectivity index (χ0n) is 14.4. The fraction of sp³-hybridized carbons (Fsp3) is 0.278. The standard InChI is InChI=1S/C18H16ClFN4OS2/c1-10(17(25)21-14-7-4-11(20)9-13(14)19)27-18-23-22-16(15-3-2-8-26-15)24(18)12-5-6-12/h2-4,7-10,12H,5-6H2,1H3,(H,21,25)/t10-/m1/s1. The highest BCUT2D eigenvalue weighted by Crippen LogP contribution is 2.42. The maximum atomic E-state index is 13.2. The Labute approximate surface area is 168 Å². The van der Waals surface area contributed by atoms with Gasteiger partial charge in [0.25, 0.3) is 0 Å². The highest BCUT2D eigenvalue weighted by Gasteiger charge is 2.31. The minimum Gasteiger partial charge on any atom is -0.324 e. The van der Waals surface area contributed by atoms with Crippen LogP contribution in [-0.2, 0) is 4.79 Å². The highest BCUT2D eigenvalue weighted by atomic mass is 35.5. The van der Waals surface area contributed by atoms with Crippen molar-refractivity contribution in [1.29, 1.82) is 0 Å². The van der Waals surface area contributed by atoms with Crippen molar-refractivity contribution in [2.45, 2.75) is 36.2 Å². The molecule has 2 aromatic heterocycles. The molecule has 2 heterocycles. The summed E-state index contributed by atoms with van der Waals surface area (Å²) in [7, 11) is 0. The number of amides is 1. The summed E-state index contributed by atoms with van der Waals surface area (Å²) < 4.78 is 15.3. The minimum absolute atomic E-state index is 0.168. The van der Waals surface area contributed by atoms with Gasteiger partial charge < -0.3 is 5.32 Å². The largest absolute Gasteiger partial charge is 0.324 e. The highest BCUT2D eigenvalue weighted by molar-refractivity contribution is 8.00. The lowest BCUT2D eigenvalue weighted by atomic mass is 10.3. The lowest BCUT2D eigenvalue weighted by Crippen LogP contribution is -2.23. The van der Waals surface area contributed by atoms with Crippen LogP contribution in [0.15, 0.2) is 40.9 Å². The van der Waals surface area contributed by atoms with E-state index in [0.717, 1.165) is 28.7 Å². The minimum atomic E-state index is -0.445. The van der Waals surface area contributed by atoms with Crippen LogP contribution < -0.4 is 5.32 Å². The third-order valence-electron chi connectivity index (χ3n) is 4.16. The number of aromatic nitrogens is 3. The van der Waals surface area contributed by atoms with Crippen molar-refractivity contribution in [2.75, 3.05) is 5.32 Å². The van der Waals surface area contributed by atoms with Crippen LogP contribution in [0.5, 0.6) is 0 Å². The van der Waals surface area contributed by atoms with Gasteiger partial charge in [0.1, 0.15) is 5.82 Å². The summed E-state index contributed by atoms with van der Waals surface area (Å²) in [4.78, 5) is 13.6. The zero-order chi connectivity index (χ0) is 19.0. The Balaban J connectivity index is 1.51. The number of thioether (sulfide) groups is 1. The van der Waals surface area contributed by atoms with Gasteiger partial charge in [0.15, 0.2) is 11.0 Å². The van der Waals surface area contributed by atoms with Crippen LogP contribution in [0.25, 0.3) is 10.7 Å². The van der Waals surface area contributed by atoms with Gasteiger partial charge in [0.05, 0.1) is 20.8 Å². The van der Waals surface area contributed by atoms with Crippen LogP contribution in [-0.4, -0.2) is 25.9 Å². The van der Waals surface area contributed by atoms with E-state index in [-0.39, 0.29) is 10.9 Å². The normalized spacial score (nSPS) is 14.9. The number of hydrogen-bond acceptors (Lipinski definition) is 5. The van der Waals surface area contributed by atoms with Gasteiger partial charge in [-0.2, -0.15) is 0 Å². The summed E-state index contributed by atoms with van der Waals surface area (Å²) in [5.41, 5.74) is 0.387. The van der Waals surface area contributed by atoms with Crippen molar-refractivity contribution in [2.24, 2.45) is 0 Å². The summed E-state index contributed by atoms with van der Waals surface area (Å²) in [5.74, 6) is 0.180. The van der Waals surface area contributed by atoms with Gasteiger partial charge in [0.2, 0.25) is 5.91 Å². The van der Waals surface area contributed by atoms with E-state index >= 15 is 0 Å². The van der Waals surface area contributed by atoms with Crippen molar-refractivity contribution in [3.63, 3.8) is 0 Å². The molecule has 140 valence electrons. The van der Waals surface area contributed by atoms with E-state index in [1.165, 1.54) is 30.0 Å². The van der Waals surface area contributed by atoms with Crippen LogP contribution >= 0.6 is 34.7 Å². The molecule has 0 radical (unpaired) electrons. The molecular formula is C18H16ClFN4OS2. The van der Waals surface area contributed by atoms with Gasteiger partial charge in [-0.05, 0) is 49.4 Å². The molecule has 5 nitrogen and oxygen atoms in total. The van der Waals surface area contributed by atoms with E-state index < -0.39 is 11.1 Å². The quantitative estimate of drug-likeness (QED) is 0.551. The summed E-state index contributed by atoms with van der Waals surface area (Å²) in [6, 6.07) is 8.29. The maximum absolute atomic E-state index is 13.2. The third kappa shape index (κ3) is 4.02. The Hall–Kier alpha value is -1.90. The first-order chi connectivity index (χ1) is 13.0. The van der Waals surface area contributed by atoms with Crippen molar-refractivity contribution in [1.82, 2.24) is 14.8 Å². The molecule has 1 aliphatic carbocycles. The number of nitrogens with zero attached hydrogens (tertiary/aromatic N) is 3. The molecule has 1 N–H and O–H groups in total. The number of anilines is 1. The van der Waals surface area contributed by atoms with Gasteiger partial charge in [-0.25, -0.2) is 4.39 Å². The topological polar surface area (TPSA) is 59.8 Å². The SMILES string of the molecule is C[C@@H](Sc1nnc(-c2cccs2)n1C1CC1)C(=O)Nc1ccc(F)cc1Cl. The molecule has 0 saturated heterocycles. The molecule has 0 bridgehead atoms. The maximum Gasteiger partial charge on any atom is 0.237 e. The molecule has 1 atom stereocenters. The number of halogens is 2. The van der Waals surface area contributed by atoms with E-state index in [2.05, 4.69) is 20.1 Å². The molecule has 4 rings (SSSR count). The van der Waals surface area contributed by atoms with E-state index in [4.69, 9.17) is 11.6 Å². The molecule has 0 aliphatic heterocycles. The molecule has 1 aliphatic rings. The molecule has 1 fully saturated rings. The molecule has 1 saturated carbocycles. The number of benzene rings is 1. The third-order valence-corrected chi connectivity index (χ3v) is 6.39. The molecule has 0 spiro atoms. The lowest BCUT2D eigenvalue weighted by Gasteiger charge is -2.14. The number of hydrogen-bond donors (Lipinski definition) is 1. The van der Waals surface area contributed by atoms with E-state index in [0.29, 0.717) is 11.7 Å². The van der Waals surface area contributed by atoms with Gasteiger partial charge in [-0.15, -0.1) is 21.5 Å². The Kier molecular flexibility index (Phi) is 5.21. The number of carbonyl (C=O) groups excluding carboxylic acids is 1. The fourth-order valence-electron chi connectivity index (χ4n) is 2.63. The van der Waals surface area contributed by atoms with E-state index in [1.54, 1.807) is 18.3 Å². The molecular weight excluding hydrogens is 407 g/mol. The average molecular weight is 423 g/mol. The van der Waals surface area contributed by atoms with Crippen molar-refractivity contribution >= 4 is 46.3 Å². The van der Waals surface area contributed by atoms with Gasteiger partial charge in [-0.1, -0.05) is 29.4 Å². The van der Waals surface area contributed by atoms with E-state index in [9.17, 15) is 9.18 Å². The number of nitrogens with one attached hydrogen (secondary N) is 1. The van der Waals surface area contributed by atoms with Crippen molar-refractivity contribution in [3.8, 4) is 10.7 Å². The summed E-state index contributed by atoms with van der Waals surface area (Å²) in [6.07, 6.45) is 2.19. The first kappa shape index (κ1) is 18.5. The summed E-state index contributed by atoms with van der Waals surface area (Å²) >= 11 is 8.97. The Morgan fingerprint density at radius 3 is 2.89 bits per heavy atom. The van der Waals surface area contributed by atoms with Crippen molar-refractivity contribution < 1.29 is 9.18 Å². The number of thiophene rings is 1. The number of carbonyl (C=O) groups is 1. The fourth-order valence-corrected chi connectivity index (χ4v) is 4.47. The van der Waals surface area contributed by atoms with Crippen LogP contribution in [0, 0.1) is 5.82 Å². The number of rotatable bonds is 6. The molecule has 0 unspecified atom stereocenters. The van der Waals surface area contributed by atoms with Gasteiger partial charge in [-0.3, -0.25) is 9.36 Å². The Bertz CT molecular complexity index is 972. The molecule has 9 heteroatoms. The predicted molar refractivity (Wildman–Crippen MR) is 107 cm³/mol. The second-order valence-electron chi connectivity index (χ2n) is 6.26. The van der Waals surface area contributed by atoms with Crippen LogP contribution in [0.1, 0.15) is 25.8 Å². The van der Waals surface area contributed by atoms with Crippen LogP contribution in [0.3, 0.4) is 0 Å². The molecule has 27 heavy (non-hydrogen) atoms.